The fourth-order valence-electron chi connectivity index (χ4n) is 1.18. The van der Waals surface area contributed by atoms with Crippen LogP contribution in [0.25, 0.3) is 0 Å². The van der Waals surface area contributed by atoms with E-state index in [1.165, 1.54) is 0 Å². The second-order valence-electron chi connectivity index (χ2n) is 2.93. The molecule has 72 valence electrons. The molecule has 0 aliphatic heterocycles. The van der Waals surface area contributed by atoms with Crippen molar-refractivity contribution in [3.63, 3.8) is 0 Å². The highest BCUT2D eigenvalue weighted by Crippen LogP contribution is 2.30. The van der Waals surface area contributed by atoms with Crippen LogP contribution in [-0.2, 0) is 9.53 Å². The monoisotopic (exact) mass is 264 g/mol. The maximum absolute atomic E-state index is 11.2. The van der Waals surface area contributed by atoms with E-state index in [-0.39, 0.29) is 10.8 Å². The van der Waals surface area contributed by atoms with Gasteiger partial charge in [0, 0.05) is 6.61 Å². The molecule has 0 bridgehead atoms. The maximum Gasteiger partial charge on any atom is 0.210 e. The average Bonchev–Trinajstić information content (AvgIpc) is 2.00. The Morgan fingerprint density at radius 3 is 2.69 bits per heavy atom. The number of allylic oxidation sites excluding steroid dienone is 2. The van der Waals surface area contributed by atoms with E-state index >= 15 is 0 Å². The number of carbonyl (C=O) groups excluding carboxylic acids is 1. The molecule has 13 heavy (non-hydrogen) atoms. The summed E-state index contributed by atoms with van der Waals surface area (Å²) in [5.41, 5.74) is -0.571. The summed E-state index contributed by atoms with van der Waals surface area (Å²) in [6.45, 7) is 4.32. The molecular formula is C9H10BrClO2. The minimum absolute atomic E-state index is 0.196. The summed E-state index contributed by atoms with van der Waals surface area (Å²) >= 11 is 8.89. The molecule has 1 aliphatic carbocycles. The molecule has 4 heteroatoms. The summed E-state index contributed by atoms with van der Waals surface area (Å²) in [6, 6.07) is 0. The summed E-state index contributed by atoms with van der Waals surface area (Å²) in [5.74, 6) is -0.196. The lowest BCUT2D eigenvalue weighted by molar-refractivity contribution is -0.111. The van der Waals surface area contributed by atoms with Crippen LogP contribution in [0.4, 0.5) is 0 Å². The van der Waals surface area contributed by atoms with E-state index in [1.54, 1.807) is 12.2 Å². The third-order valence-electron chi connectivity index (χ3n) is 1.72. The first-order chi connectivity index (χ1) is 5.98. The Kier molecular flexibility index (Phi) is 3.33. The van der Waals surface area contributed by atoms with Crippen molar-refractivity contribution in [2.75, 3.05) is 6.61 Å². The zero-order chi connectivity index (χ0) is 10.1. The van der Waals surface area contributed by atoms with E-state index in [0.29, 0.717) is 11.1 Å². The summed E-state index contributed by atoms with van der Waals surface area (Å²) in [7, 11) is 0. The zero-order valence-corrected chi connectivity index (χ0v) is 9.78. The molecule has 0 N–H and O–H groups in total. The Labute approximate surface area is 90.7 Å². The van der Waals surface area contributed by atoms with Gasteiger partial charge in [-0.2, -0.15) is 0 Å². The van der Waals surface area contributed by atoms with Gasteiger partial charge in [-0.3, -0.25) is 4.79 Å². The second kappa shape index (κ2) is 3.95. The number of ether oxygens (including phenoxy) is 1. The Morgan fingerprint density at radius 1 is 1.62 bits per heavy atom. The van der Waals surface area contributed by atoms with E-state index in [0.717, 1.165) is 0 Å². The molecule has 0 aromatic carbocycles. The van der Waals surface area contributed by atoms with E-state index in [2.05, 4.69) is 15.9 Å². The van der Waals surface area contributed by atoms with Gasteiger partial charge in [0.15, 0.2) is 0 Å². The van der Waals surface area contributed by atoms with Crippen molar-refractivity contribution in [3.8, 4) is 0 Å². The number of carbonyl (C=O) groups is 1. The molecule has 0 radical (unpaired) electrons. The number of hydrogen-bond acceptors (Lipinski definition) is 2. The van der Waals surface area contributed by atoms with Crippen LogP contribution in [0.2, 0.25) is 0 Å². The van der Waals surface area contributed by atoms with Crippen molar-refractivity contribution < 1.29 is 9.53 Å². The highest BCUT2D eigenvalue weighted by Gasteiger charge is 2.28. The third kappa shape index (κ3) is 2.42. The molecule has 1 aliphatic rings. The Morgan fingerprint density at radius 2 is 2.23 bits per heavy atom. The summed E-state index contributed by atoms with van der Waals surface area (Å²) in [4.78, 5) is 11.2. The topological polar surface area (TPSA) is 26.3 Å². The summed E-state index contributed by atoms with van der Waals surface area (Å²) < 4.78 is 5.89. The van der Waals surface area contributed by atoms with Crippen LogP contribution in [0, 0.1) is 0 Å². The van der Waals surface area contributed by atoms with Gasteiger partial charge in [-0.15, -0.1) is 0 Å². The molecular weight excluding hydrogens is 255 g/mol. The fraction of sp³-hybridized carbons (Fsp3) is 0.444. The molecule has 0 aromatic rings. The van der Waals surface area contributed by atoms with Gasteiger partial charge in [0.1, 0.15) is 5.60 Å². The molecule has 0 spiro atoms. The number of ketones is 1. The number of rotatable bonds is 2. The molecule has 0 aromatic heterocycles. The number of halogens is 2. The van der Waals surface area contributed by atoms with E-state index < -0.39 is 5.60 Å². The molecule has 0 amide bonds. The highest BCUT2D eigenvalue weighted by atomic mass is 79.9. The summed E-state index contributed by atoms with van der Waals surface area (Å²) in [6.07, 6.45) is 3.33. The Balaban J connectivity index is 2.98. The van der Waals surface area contributed by atoms with Crippen molar-refractivity contribution >= 4 is 33.3 Å². The molecule has 1 atom stereocenters. The zero-order valence-electron chi connectivity index (χ0n) is 7.43. The molecule has 0 saturated carbocycles. The van der Waals surface area contributed by atoms with Crippen LogP contribution in [-0.4, -0.2) is 18.0 Å². The first kappa shape index (κ1) is 11.0. The van der Waals surface area contributed by atoms with Gasteiger partial charge in [0.2, 0.25) is 5.78 Å². The van der Waals surface area contributed by atoms with Crippen molar-refractivity contribution in [1.82, 2.24) is 0 Å². The van der Waals surface area contributed by atoms with Crippen LogP contribution >= 0.6 is 27.5 Å². The molecule has 0 saturated heterocycles. The smallest absolute Gasteiger partial charge is 0.210 e. The van der Waals surface area contributed by atoms with Gasteiger partial charge in [-0.25, -0.2) is 0 Å². The fourth-order valence-corrected chi connectivity index (χ4v) is 2.29. The molecule has 0 heterocycles. The van der Waals surface area contributed by atoms with Crippen molar-refractivity contribution in [2.45, 2.75) is 19.4 Å². The number of hydrogen-bond donors (Lipinski definition) is 0. The van der Waals surface area contributed by atoms with Crippen LogP contribution in [0.1, 0.15) is 13.8 Å². The average molecular weight is 266 g/mol. The predicted octanol–water partition coefficient (Wildman–Crippen LogP) is 2.77. The van der Waals surface area contributed by atoms with Crippen molar-refractivity contribution in [2.24, 2.45) is 0 Å². The van der Waals surface area contributed by atoms with Gasteiger partial charge < -0.3 is 4.74 Å². The lowest BCUT2D eigenvalue weighted by atomic mass is 9.99. The van der Waals surface area contributed by atoms with E-state index in [1.807, 2.05) is 13.8 Å². The normalized spacial score (nSPS) is 28.5. The summed E-state index contributed by atoms with van der Waals surface area (Å²) in [5, 5.41) is 0.199. The van der Waals surface area contributed by atoms with E-state index in [4.69, 9.17) is 16.3 Å². The predicted molar refractivity (Wildman–Crippen MR) is 56.0 cm³/mol. The second-order valence-corrected chi connectivity index (χ2v) is 4.19. The van der Waals surface area contributed by atoms with Gasteiger partial charge in [0.25, 0.3) is 0 Å². The lowest BCUT2D eigenvalue weighted by Crippen LogP contribution is -2.28. The molecule has 2 nitrogen and oxygen atoms in total. The number of Topliss-reactive ketones (excluding diaryl/α,β-unsaturated/α-hetero) is 1. The lowest BCUT2D eigenvalue weighted by Gasteiger charge is -2.25. The molecule has 1 unspecified atom stereocenters. The van der Waals surface area contributed by atoms with Crippen molar-refractivity contribution in [1.29, 1.82) is 0 Å². The third-order valence-corrected chi connectivity index (χ3v) is 2.59. The minimum atomic E-state index is -0.571. The van der Waals surface area contributed by atoms with Gasteiger partial charge >= 0.3 is 0 Å². The van der Waals surface area contributed by atoms with Crippen LogP contribution < -0.4 is 0 Å². The Bertz CT molecular complexity index is 272. The molecule has 1 rings (SSSR count). The molecule has 0 fully saturated rings. The first-order valence-electron chi connectivity index (χ1n) is 3.94. The van der Waals surface area contributed by atoms with Crippen LogP contribution in [0.5, 0.6) is 0 Å². The van der Waals surface area contributed by atoms with Crippen LogP contribution in [0.15, 0.2) is 21.7 Å². The van der Waals surface area contributed by atoms with Gasteiger partial charge in [-0.05, 0) is 41.9 Å². The Hall–Kier alpha value is -0.120. The standard InChI is InChI=1S/C9H10BrClO2/c1-3-13-9(2)4-6(10)8(12)7(11)5-9/h4-5H,3H2,1-2H3. The van der Waals surface area contributed by atoms with Gasteiger partial charge in [0.05, 0.1) is 9.51 Å². The minimum Gasteiger partial charge on any atom is -0.367 e. The first-order valence-corrected chi connectivity index (χ1v) is 5.11. The SMILES string of the molecule is CCOC1(C)C=C(Cl)C(=O)C(Br)=C1. The van der Waals surface area contributed by atoms with Crippen LogP contribution in [0.3, 0.4) is 0 Å². The van der Waals surface area contributed by atoms with E-state index in [9.17, 15) is 4.79 Å². The van der Waals surface area contributed by atoms with Gasteiger partial charge in [-0.1, -0.05) is 11.6 Å². The quantitative estimate of drug-likeness (QED) is 0.767. The largest absolute Gasteiger partial charge is 0.367 e. The van der Waals surface area contributed by atoms with Crippen molar-refractivity contribution in [3.05, 3.63) is 21.7 Å². The maximum atomic E-state index is 11.2. The highest BCUT2D eigenvalue weighted by molar-refractivity contribution is 9.12.